The van der Waals surface area contributed by atoms with E-state index in [1.165, 1.54) is 6.07 Å². The van der Waals surface area contributed by atoms with Crippen LogP contribution in [-0.2, 0) is 6.42 Å². The molecule has 0 saturated carbocycles. The van der Waals surface area contributed by atoms with Gasteiger partial charge in [-0.25, -0.2) is 4.39 Å². The highest BCUT2D eigenvalue weighted by molar-refractivity contribution is 9.10. The van der Waals surface area contributed by atoms with Crippen LogP contribution in [0.25, 0.3) is 0 Å². The average molecular weight is 314 g/mol. The zero-order valence-corrected chi connectivity index (χ0v) is 11.0. The van der Waals surface area contributed by atoms with Crippen molar-refractivity contribution in [1.82, 2.24) is 4.98 Å². The van der Waals surface area contributed by atoms with Gasteiger partial charge in [0.15, 0.2) is 11.6 Å². The highest BCUT2D eigenvalue weighted by Crippen LogP contribution is 2.25. The number of ether oxygens (including phenoxy) is 1. The Hall–Kier alpha value is -1.49. The third kappa shape index (κ3) is 3.26. The fraction of sp³-hybridized carbons (Fsp3) is 0.154. The SMILES string of the molecule is Fc1cc(Br)cc(OCCc2ccncc2)c1F. The fourth-order valence-corrected chi connectivity index (χ4v) is 1.87. The summed E-state index contributed by atoms with van der Waals surface area (Å²) < 4.78 is 32.2. The van der Waals surface area contributed by atoms with Gasteiger partial charge in [0, 0.05) is 23.3 Å². The van der Waals surface area contributed by atoms with Crippen molar-refractivity contribution in [1.29, 1.82) is 0 Å². The molecule has 0 aliphatic rings. The van der Waals surface area contributed by atoms with E-state index in [9.17, 15) is 8.78 Å². The molecule has 0 saturated heterocycles. The van der Waals surface area contributed by atoms with E-state index in [1.807, 2.05) is 12.1 Å². The summed E-state index contributed by atoms with van der Waals surface area (Å²) in [5.41, 5.74) is 1.03. The molecule has 2 rings (SSSR count). The van der Waals surface area contributed by atoms with Crippen LogP contribution >= 0.6 is 15.9 Å². The van der Waals surface area contributed by atoms with Crippen molar-refractivity contribution in [2.45, 2.75) is 6.42 Å². The minimum Gasteiger partial charge on any atom is -0.490 e. The van der Waals surface area contributed by atoms with Gasteiger partial charge >= 0.3 is 0 Å². The molecule has 5 heteroatoms. The van der Waals surface area contributed by atoms with Crippen LogP contribution in [0.15, 0.2) is 41.1 Å². The summed E-state index contributed by atoms with van der Waals surface area (Å²) >= 11 is 3.09. The van der Waals surface area contributed by atoms with E-state index >= 15 is 0 Å². The predicted octanol–water partition coefficient (Wildman–Crippen LogP) is 3.74. The molecule has 0 aliphatic heterocycles. The Morgan fingerprint density at radius 1 is 1.17 bits per heavy atom. The molecule has 0 fully saturated rings. The van der Waals surface area contributed by atoms with E-state index in [0.717, 1.165) is 11.6 Å². The summed E-state index contributed by atoms with van der Waals surface area (Å²) in [6, 6.07) is 6.17. The van der Waals surface area contributed by atoms with Gasteiger partial charge in [-0.3, -0.25) is 4.98 Å². The molecule has 0 unspecified atom stereocenters. The number of nitrogens with zero attached hydrogens (tertiary/aromatic N) is 1. The van der Waals surface area contributed by atoms with Crippen molar-refractivity contribution in [3.63, 3.8) is 0 Å². The molecule has 0 bridgehead atoms. The predicted molar refractivity (Wildman–Crippen MR) is 67.5 cm³/mol. The Labute approximate surface area is 112 Å². The van der Waals surface area contributed by atoms with E-state index < -0.39 is 11.6 Å². The van der Waals surface area contributed by atoms with Crippen LogP contribution < -0.4 is 4.74 Å². The topological polar surface area (TPSA) is 22.1 Å². The summed E-state index contributed by atoms with van der Waals surface area (Å²) in [5.74, 6) is -1.98. The number of halogens is 3. The van der Waals surface area contributed by atoms with Gasteiger partial charge in [-0.2, -0.15) is 4.39 Å². The Morgan fingerprint density at radius 2 is 1.89 bits per heavy atom. The van der Waals surface area contributed by atoms with Crippen LogP contribution in [-0.4, -0.2) is 11.6 Å². The van der Waals surface area contributed by atoms with E-state index in [2.05, 4.69) is 20.9 Å². The number of rotatable bonds is 4. The number of pyridine rings is 1. The highest BCUT2D eigenvalue weighted by atomic mass is 79.9. The largest absolute Gasteiger partial charge is 0.490 e. The summed E-state index contributed by atoms with van der Waals surface area (Å²) in [5, 5.41) is 0. The summed E-state index contributed by atoms with van der Waals surface area (Å²) in [7, 11) is 0. The fourth-order valence-electron chi connectivity index (χ4n) is 1.47. The lowest BCUT2D eigenvalue weighted by Crippen LogP contribution is -2.03. The highest BCUT2D eigenvalue weighted by Gasteiger charge is 2.11. The summed E-state index contributed by atoms with van der Waals surface area (Å²) in [6.07, 6.45) is 3.96. The molecule has 0 aliphatic carbocycles. The molecule has 94 valence electrons. The monoisotopic (exact) mass is 313 g/mol. The maximum atomic E-state index is 13.4. The van der Waals surface area contributed by atoms with E-state index in [0.29, 0.717) is 10.9 Å². The first-order valence-corrected chi connectivity index (χ1v) is 6.12. The number of hydrogen-bond donors (Lipinski definition) is 0. The zero-order chi connectivity index (χ0) is 13.0. The molecule has 2 aromatic rings. The smallest absolute Gasteiger partial charge is 0.200 e. The zero-order valence-electron chi connectivity index (χ0n) is 9.37. The maximum Gasteiger partial charge on any atom is 0.200 e. The molecule has 18 heavy (non-hydrogen) atoms. The second-order valence-corrected chi connectivity index (χ2v) is 4.57. The van der Waals surface area contributed by atoms with Gasteiger partial charge < -0.3 is 4.74 Å². The normalized spacial score (nSPS) is 10.4. The van der Waals surface area contributed by atoms with E-state index in [-0.39, 0.29) is 12.4 Å². The van der Waals surface area contributed by atoms with Gasteiger partial charge in [-0.1, -0.05) is 15.9 Å². The first-order chi connectivity index (χ1) is 8.66. The van der Waals surface area contributed by atoms with Gasteiger partial charge in [-0.15, -0.1) is 0 Å². The summed E-state index contributed by atoms with van der Waals surface area (Å²) in [6.45, 7) is 0.275. The Morgan fingerprint density at radius 3 is 2.61 bits per heavy atom. The average Bonchev–Trinajstić information content (AvgIpc) is 2.36. The van der Waals surface area contributed by atoms with Crippen molar-refractivity contribution >= 4 is 15.9 Å². The van der Waals surface area contributed by atoms with Crippen LogP contribution in [0.4, 0.5) is 8.78 Å². The van der Waals surface area contributed by atoms with Crippen LogP contribution in [0, 0.1) is 11.6 Å². The molecule has 1 aromatic heterocycles. The summed E-state index contributed by atoms with van der Waals surface area (Å²) in [4.78, 5) is 3.89. The van der Waals surface area contributed by atoms with Crippen molar-refractivity contribution < 1.29 is 13.5 Å². The third-order valence-electron chi connectivity index (χ3n) is 2.36. The molecule has 0 spiro atoms. The van der Waals surface area contributed by atoms with Gasteiger partial charge in [0.2, 0.25) is 5.82 Å². The first-order valence-electron chi connectivity index (χ1n) is 5.33. The minimum absolute atomic E-state index is 0.0871. The second kappa shape index (κ2) is 5.91. The van der Waals surface area contributed by atoms with Crippen LogP contribution in [0.3, 0.4) is 0 Å². The molecule has 1 heterocycles. The quantitative estimate of drug-likeness (QED) is 0.802. The molecule has 2 nitrogen and oxygen atoms in total. The van der Waals surface area contributed by atoms with Crippen molar-refractivity contribution in [2.24, 2.45) is 0 Å². The second-order valence-electron chi connectivity index (χ2n) is 3.65. The van der Waals surface area contributed by atoms with E-state index in [1.54, 1.807) is 12.4 Å². The van der Waals surface area contributed by atoms with Crippen molar-refractivity contribution in [2.75, 3.05) is 6.61 Å². The van der Waals surface area contributed by atoms with Gasteiger partial charge in [0.05, 0.1) is 6.61 Å². The van der Waals surface area contributed by atoms with Crippen molar-refractivity contribution in [3.8, 4) is 5.75 Å². The lowest BCUT2D eigenvalue weighted by molar-refractivity contribution is 0.298. The molecule has 0 amide bonds. The van der Waals surface area contributed by atoms with Gasteiger partial charge in [0.1, 0.15) is 0 Å². The molecular weight excluding hydrogens is 304 g/mol. The lowest BCUT2D eigenvalue weighted by Gasteiger charge is -2.08. The minimum atomic E-state index is -0.965. The van der Waals surface area contributed by atoms with Crippen molar-refractivity contribution in [3.05, 3.63) is 58.3 Å². The third-order valence-corrected chi connectivity index (χ3v) is 2.82. The van der Waals surface area contributed by atoms with E-state index in [4.69, 9.17) is 4.74 Å². The molecule has 0 radical (unpaired) electrons. The van der Waals surface area contributed by atoms with Gasteiger partial charge in [0.25, 0.3) is 0 Å². The molecule has 0 atom stereocenters. The van der Waals surface area contributed by atoms with Crippen LogP contribution in [0.5, 0.6) is 5.75 Å². The molecule has 1 aromatic carbocycles. The Bertz CT molecular complexity index is 534. The van der Waals surface area contributed by atoms with Crippen LogP contribution in [0.2, 0.25) is 0 Å². The first kappa shape index (κ1) is 13.0. The Kier molecular flexibility index (Phi) is 4.25. The molecule has 0 N–H and O–H groups in total. The van der Waals surface area contributed by atoms with Gasteiger partial charge in [-0.05, 0) is 29.8 Å². The maximum absolute atomic E-state index is 13.4. The number of aromatic nitrogens is 1. The Balaban J connectivity index is 1.99. The number of benzene rings is 1. The lowest BCUT2D eigenvalue weighted by atomic mass is 10.2. The molecular formula is C13H10BrF2NO. The number of hydrogen-bond acceptors (Lipinski definition) is 2. The van der Waals surface area contributed by atoms with Crippen LogP contribution in [0.1, 0.15) is 5.56 Å². The standard InChI is InChI=1S/C13H10BrF2NO/c14-10-7-11(15)13(16)12(8-10)18-6-3-9-1-4-17-5-2-9/h1-2,4-5,7-8H,3,6H2.